The summed E-state index contributed by atoms with van der Waals surface area (Å²) < 4.78 is 7.31. The normalized spacial score (nSPS) is 11.0. The molecule has 0 saturated heterocycles. The van der Waals surface area contributed by atoms with E-state index in [4.69, 9.17) is 4.42 Å². The van der Waals surface area contributed by atoms with Crippen LogP contribution >= 0.6 is 11.8 Å². The number of para-hydroxylation sites is 1. The van der Waals surface area contributed by atoms with E-state index in [-0.39, 0.29) is 5.91 Å². The maximum Gasteiger partial charge on any atom is 0.271 e. The van der Waals surface area contributed by atoms with E-state index in [1.54, 1.807) is 41.1 Å². The van der Waals surface area contributed by atoms with Crippen molar-refractivity contribution in [2.45, 2.75) is 10.2 Å². The van der Waals surface area contributed by atoms with E-state index in [0.29, 0.717) is 21.6 Å². The van der Waals surface area contributed by atoms with Crippen LogP contribution in [0.4, 0.5) is 0 Å². The lowest BCUT2D eigenvalue weighted by Gasteiger charge is -2.01. The average molecular weight is 390 g/mol. The van der Waals surface area contributed by atoms with Gasteiger partial charge in [-0.2, -0.15) is 9.78 Å². The molecular weight excluding hydrogens is 376 g/mol. The number of carbonyl (C=O) groups excluding carboxylic acids is 1. The van der Waals surface area contributed by atoms with Crippen molar-refractivity contribution in [3.05, 3.63) is 84.1 Å². The molecule has 4 aromatic rings. The second kappa shape index (κ2) is 8.31. The van der Waals surface area contributed by atoms with Crippen LogP contribution in [0.15, 0.2) is 92.6 Å². The van der Waals surface area contributed by atoms with Gasteiger partial charge in [0.1, 0.15) is 5.76 Å². The summed E-state index contributed by atoms with van der Waals surface area (Å²) in [7, 11) is 0. The van der Waals surface area contributed by atoms with Crippen molar-refractivity contribution in [1.29, 1.82) is 0 Å². The molecule has 0 unspecified atom stereocenters. The Morgan fingerprint density at radius 3 is 2.57 bits per heavy atom. The highest BCUT2D eigenvalue weighted by atomic mass is 32.2. The van der Waals surface area contributed by atoms with Gasteiger partial charge < -0.3 is 4.42 Å². The first-order valence-electron chi connectivity index (χ1n) is 8.29. The number of hydrazone groups is 1. The molecule has 9 heteroatoms. The Balaban J connectivity index is 1.40. The minimum Gasteiger partial charge on any atom is -0.448 e. The summed E-state index contributed by atoms with van der Waals surface area (Å²) in [5, 5.41) is 16.9. The molecule has 138 valence electrons. The van der Waals surface area contributed by atoms with Gasteiger partial charge in [-0.15, -0.1) is 5.10 Å². The smallest absolute Gasteiger partial charge is 0.271 e. The minimum atomic E-state index is -0.292. The van der Waals surface area contributed by atoms with Crippen molar-refractivity contribution in [1.82, 2.24) is 25.6 Å². The predicted molar refractivity (Wildman–Crippen MR) is 103 cm³/mol. The van der Waals surface area contributed by atoms with E-state index in [9.17, 15) is 4.79 Å². The Morgan fingerprint density at radius 2 is 1.79 bits per heavy atom. The van der Waals surface area contributed by atoms with E-state index < -0.39 is 0 Å². The number of hydrogen-bond donors (Lipinski definition) is 1. The maximum absolute atomic E-state index is 11.9. The van der Waals surface area contributed by atoms with Crippen LogP contribution in [0, 0.1) is 0 Å². The summed E-state index contributed by atoms with van der Waals surface area (Å²) in [6.07, 6.45) is 1.44. The molecule has 28 heavy (non-hydrogen) atoms. The molecule has 4 rings (SSSR count). The zero-order valence-electron chi connectivity index (χ0n) is 14.5. The van der Waals surface area contributed by atoms with E-state index in [1.807, 2.05) is 36.4 Å². The van der Waals surface area contributed by atoms with Crippen molar-refractivity contribution in [2.24, 2.45) is 5.10 Å². The number of aromatic nitrogens is 4. The molecule has 1 amide bonds. The largest absolute Gasteiger partial charge is 0.448 e. The number of benzene rings is 2. The molecule has 0 aliphatic heterocycles. The summed E-state index contributed by atoms with van der Waals surface area (Å²) in [6.45, 7) is 0. The van der Waals surface area contributed by atoms with Gasteiger partial charge in [0.2, 0.25) is 5.16 Å². The number of amides is 1. The van der Waals surface area contributed by atoms with Gasteiger partial charge in [0.15, 0.2) is 5.09 Å². The first-order valence-corrected chi connectivity index (χ1v) is 9.11. The fourth-order valence-corrected chi connectivity index (χ4v) is 3.09. The molecule has 0 atom stereocenters. The molecule has 0 aliphatic rings. The second-order valence-electron chi connectivity index (χ2n) is 5.53. The fraction of sp³-hybridized carbons (Fsp3) is 0. The minimum absolute atomic E-state index is 0.292. The number of nitrogens with zero attached hydrogens (tertiary/aromatic N) is 5. The third-order valence-electron chi connectivity index (χ3n) is 3.63. The highest BCUT2D eigenvalue weighted by Crippen LogP contribution is 2.28. The molecule has 0 saturated carbocycles. The van der Waals surface area contributed by atoms with Gasteiger partial charge in [0.25, 0.3) is 5.91 Å². The lowest BCUT2D eigenvalue weighted by atomic mass is 10.2. The Kier molecular flexibility index (Phi) is 5.25. The van der Waals surface area contributed by atoms with Crippen LogP contribution in [0.5, 0.6) is 0 Å². The average Bonchev–Trinajstić information content (AvgIpc) is 3.39. The van der Waals surface area contributed by atoms with Crippen molar-refractivity contribution in [3.8, 4) is 5.69 Å². The highest BCUT2D eigenvalue weighted by Gasteiger charge is 2.12. The quantitative estimate of drug-likeness (QED) is 0.401. The van der Waals surface area contributed by atoms with Gasteiger partial charge >= 0.3 is 0 Å². The van der Waals surface area contributed by atoms with Crippen LogP contribution in [0.3, 0.4) is 0 Å². The molecule has 0 spiro atoms. The van der Waals surface area contributed by atoms with Gasteiger partial charge in [-0.25, -0.2) is 5.43 Å². The zero-order chi connectivity index (χ0) is 19.2. The van der Waals surface area contributed by atoms with Gasteiger partial charge in [-0.1, -0.05) is 36.4 Å². The van der Waals surface area contributed by atoms with Crippen LogP contribution < -0.4 is 5.43 Å². The zero-order valence-corrected chi connectivity index (χ0v) is 15.3. The lowest BCUT2D eigenvalue weighted by Crippen LogP contribution is -2.17. The van der Waals surface area contributed by atoms with Crippen molar-refractivity contribution < 1.29 is 9.21 Å². The van der Waals surface area contributed by atoms with Gasteiger partial charge in [-0.3, -0.25) is 4.79 Å². The molecular formula is C19H14N6O2S. The molecule has 2 heterocycles. The van der Waals surface area contributed by atoms with E-state index in [2.05, 4.69) is 26.1 Å². The molecule has 0 bridgehead atoms. The molecule has 8 nitrogen and oxygen atoms in total. The Labute approximate surface area is 164 Å². The highest BCUT2D eigenvalue weighted by molar-refractivity contribution is 7.99. The van der Waals surface area contributed by atoms with Gasteiger partial charge in [-0.05, 0) is 58.6 Å². The first-order chi connectivity index (χ1) is 13.8. The van der Waals surface area contributed by atoms with Crippen LogP contribution in [-0.2, 0) is 0 Å². The van der Waals surface area contributed by atoms with E-state index in [0.717, 1.165) is 5.69 Å². The summed E-state index contributed by atoms with van der Waals surface area (Å²) >= 11 is 1.28. The summed E-state index contributed by atoms with van der Waals surface area (Å²) in [6, 6.07) is 22.0. The van der Waals surface area contributed by atoms with Crippen LogP contribution in [-0.4, -0.2) is 32.3 Å². The number of nitrogens with one attached hydrogen (secondary N) is 1. The Morgan fingerprint density at radius 1 is 1.04 bits per heavy atom. The molecule has 2 aromatic heterocycles. The number of rotatable bonds is 6. The van der Waals surface area contributed by atoms with Crippen molar-refractivity contribution in [2.75, 3.05) is 0 Å². The number of hydrogen-bond acceptors (Lipinski definition) is 7. The van der Waals surface area contributed by atoms with Crippen molar-refractivity contribution in [3.63, 3.8) is 0 Å². The third-order valence-corrected chi connectivity index (χ3v) is 4.49. The topological polar surface area (TPSA) is 98.2 Å². The fourth-order valence-electron chi connectivity index (χ4n) is 2.33. The number of tetrazole rings is 1. The molecule has 0 radical (unpaired) electrons. The molecule has 2 aromatic carbocycles. The van der Waals surface area contributed by atoms with Gasteiger partial charge in [0, 0.05) is 5.56 Å². The molecule has 1 N–H and O–H groups in total. The van der Waals surface area contributed by atoms with Crippen LogP contribution in [0.1, 0.15) is 16.1 Å². The second-order valence-corrected chi connectivity index (χ2v) is 6.50. The summed E-state index contributed by atoms with van der Waals surface area (Å²) in [5.41, 5.74) is 3.84. The maximum atomic E-state index is 11.9. The monoisotopic (exact) mass is 390 g/mol. The predicted octanol–water partition coefficient (Wildman–Crippen LogP) is 3.17. The van der Waals surface area contributed by atoms with E-state index >= 15 is 0 Å². The van der Waals surface area contributed by atoms with Crippen LogP contribution in [0.25, 0.3) is 5.69 Å². The SMILES string of the molecule is O=C(N/N=C\c1ccc(Sc2nnnn2-c2ccccc2)o1)c1ccccc1. The van der Waals surface area contributed by atoms with Crippen LogP contribution in [0.2, 0.25) is 0 Å². The van der Waals surface area contributed by atoms with Crippen molar-refractivity contribution >= 4 is 23.9 Å². The van der Waals surface area contributed by atoms with E-state index in [1.165, 1.54) is 18.0 Å². The summed E-state index contributed by atoms with van der Waals surface area (Å²) in [5.74, 6) is 0.203. The number of furan rings is 1. The summed E-state index contributed by atoms with van der Waals surface area (Å²) in [4.78, 5) is 11.9. The standard InChI is InChI=1S/C19H14N6O2S/c26-18(14-7-3-1-4-8-14)21-20-13-16-11-12-17(27-16)28-19-22-23-24-25(19)15-9-5-2-6-10-15/h1-13H,(H,21,26)/b20-13-. The first kappa shape index (κ1) is 17.7. The number of carbonyl (C=O) groups is 1. The molecule has 0 aliphatic carbocycles. The third kappa shape index (κ3) is 4.15. The van der Waals surface area contributed by atoms with Gasteiger partial charge in [0.05, 0.1) is 11.9 Å². The lowest BCUT2D eigenvalue weighted by molar-refractivity contribution is 0.0955. The Hall–Kier alpha value is -3.72. The Bertz CT molecular complexity index is 1090. The molecule has 0 fully saturated rings.